The van der Waals surface area contributed by atoms with E-state index >= 15 is 0 Å². The molecule has 0 fully saturated rings. The van der Waals surface area contributed by atoms with Crippen molar-refractivity contribution in [2.45, 2.75) is 52.4 Å². The van der Waals surface area contributed by atoms with Crippen molar-refractivity contribution < 1.29 is 10.2 Å². The zero-order valence-electron chi connectivity index (χ0n) is 12.8. The van der Waals surface area contributed by atoms with Gasteiger partial charge in [0.25, 0.3) is 0 Å². The van der Waals surface area contributed by atoms with Crippen molar-refractivity contribution in [2.75, 3.05) is 0 Å². The van der Waals surface area contributed by atoms with E-state index in [-0.39, 0.29) is 17.4 Å². The molecule has 0 radical (unpaired) electrons. The minimum absolute atomic E-state index is 0.162. The maximum atomic E-state index is 10.1. The predicted octanol–water partition coefficient (Wildman–Crippen LogP) is 5.07. The lowest BCUT2D eigenvalue weighted by atomic mass is 9.84. The van der Waals surface area contributed by atoms with E-state index in [4.69, 9.17) is 0 Å². The Morgan fingerprint density at radius 2 is 1.85 bits per heavy atom. The Bertz CT molecular complexity index is 463. The monoisotopic (exact) mass is 274 g/mol. The molecule has 20 heavy (non-hydrogen) atoms. The van der Waals surface area contributed by atoms with Crippen molar-refractivity contribution in [1.29, 1.82) is 0 Å². The van der Waals surface area contributed by atoms with E-state index in [0.29, 0.717) is 5.56 Å². The molecule has 2 heteroatoms. The summed E-state index contributed by atoms with van der Waals surface area (Å²) in [7, 11) is 0. The number of hydrogen-bond donors (Lipinski definition) is 2. The van der Waals surface area contributed by atoms with Crippen LogP contribution < -0.4 is 0 Å². The highest BCUT2D eigenvalue weighted by molar-refractivity contribution is 5.50. The predicted molar refractivity (Wildman–Crippen MR) is 85.4 cm³/mol. The zero-order chi connectivity index (χ0) is 15.1. The first-order valence-electron chi connectivity index (χ1n) is 7.32. The van der Waals surface area contributed by atoms with E-state index in [0.717, 1.165) is 31.2 Å². The van der Waals surface area contributed by atoms with Crippen LogP contribution in [0, 0.1) is 0 Å². The summed E-state index contributed by atoms with van der Waals surface area (Å²) < 4.78 is 0. The van der Waals surface area contributed by atoms with Gasteiger partial charge in [-0.05, 0) is 57.2 Å². The first kappa shape index (κ1) is 16.4. The SMILES string of the molecule is C=CC.CCc1cc(O)c(C2C=C(C)CCC2)c(O)c1. The molecule has 110 valence electrons. The number of phenolic OH excluding ortho intramolecular Hbond substituents is 2. The van der Waals surface area contributed by atoms with Crippen LogP contribution in [0.15, 0.2) is 36.4 Å². The zero-order valence-corrected chi connectivity index (χ0v) is 12.8. The number of aromatic hydroxyl groups is 2. The largest absolute Gasteiger partial charge is 0.507 e. The van der Waals surface area contributed by atoms with Crippen molar-refractivity contribution in [3.8, 4) is 11.5 Å². The smallest absolute Gasteiger partial charge is 0.123 e. The van der Waals surface area contributed by atoms with Crippen LogP contribution in [0.1, 0.15) is 57.1 Å². The van der Waals surface area contributed by atoms with Crippen molar-refractivity contribution >= 4 is 0 Å². The number of allylic oxidation sites excluding steroid dienone is 3. The Kier molecular flexibility index (Phi) is 6.37. The number of hydrogen-bond acceptors (Lipinski definition) is 2. The van der Waals surface area contributed by atoms with Crippen LogP contribution in [0.2, 0.25) is 0 Å². The number of benzene rings is 1. The fourth-order valence-corrected chi connectivity index (χ4v) is 2.60. The first-order valence-corrected chi connectivity index (χ1v) is 7.32. The third kappa shape index (κ3) is 4.16. The lowest BCUT2D eigenvalue weighted by Gasteiger charge is -2.22. The second-order valence-electron chi connectivity index (χ2n) is 5.32. The van der Waals surface area contributed by atoms with Gasteiger partial charge < -0.3 is 10.2 Å². The van der Waals surface area contributed by atoms with Gasteiger partial charge in [0.15, 0.2) is 0 Å². The maximum absolute atomic E-state index is 10.1. The normalized spacial score (nSPS) is 17.8. The Morgan fingerprint density at radius 3 is 2.30 bits per heavy atom. The van der Waals surface area contributed by atoms with Crippen LogP contribution in [-0.4, -0.2) is 10.2 Å². The molecule has 0 saturated carbocycles. The number of rotatable bonds is 2. The van der Waals surface area contributed by atoms with Crippen LogP contribution in [0.25, 0.3) is 0 Å². The average Bonchev–Trinajstić information content (AvgIpc) is 2.38. The van der Waals surface area contributed by atoms with Crippen LogP contribution in [-0.2, 0) is 6.42 Å². The Labute approximate surface area is 122 Å². The molecule has 1 aromatic rings. The molecular weight excluding hydrogens is 248 g/mol. The summed E-state index contributed by atoms with van der Waals surface area (Å²) in [4.78, 5) is 0. The second kappa shape index (κ2) is 7.78. The van der Waals surface area contributed by atoms with Crippen molar-refractivity contribution in [1.82, 2.24) is 0 Å². The van der Waals surface area contributed by atoms with E-state index in [1.165, 1.54) is 5.57 Å². The van der Waals surface area contributed by atoms with E-state index in [2.05, 4.69) is 19.6 Å². The number of phenols is 2. The van der Waals surface area contributed by atoms with Gasteiger partial charge in [-0.25, -0.2) is 0 Å². The lowest BCUT2D eigenvalue weighted by molar-refractivity contribution is 0.427. The molecule has 1 aliphatic carbocycles. The minimum Gasteiger partial charge on any atom is -0.507 e. The molecule has 1 aromatic carbocycles. The van der Waals surface area contributed by atoms with Gasteiger partial charge in [0.1, 0.15) is 11.5 Å². The molecule has 0 aliphatic heterocycles. The standard InChI is InChI=1S/C15H20O2.C3H6/c1-3-11-8-13(16)15(14(17)9-11)12-6-4-5-10(2)7-12;1-3-2/h7-9,12,16-17H,3-6H2,1-2H3;3H,1H2,2H3. The fourth-order valence-electron chi connectivity index (χ4n) is 2.60. The summed E-state index contributed by atoms with van der Waals surface area (Å²) in [6.07, 6.45) is 8.00. The van der Waals surface area contributed by atoms with Crippen molar-refractivity contribution in [2.24, 2.45) is 0 Å². The van der Waals surface area contributed by atoms with Gasteiger partial charge in [-0.1, -0.05) is 24.6 Å². The van der Waals surface area contributed by atoms with Gasteiger partial charge in [0.05, 0.1) is 0 Å². The van der Waals surface area contributed by atoms with E-state index in [1.54, 1.807) is 18.2 Å². The summed E-state index contributed by atoms with van der Waals surface area (Å²) >= 11 is 0. The van der Waals surface area contributed by atoms with E-state index < -0.39 is 0 Å². The minimum atomic E-state index is 0.162. The summed E-state index contributed by atoms with van der Waals surface area (Å²) in [5.74, 6) is 0.630. The highest BCUT2D eigenvalue weighted by Crippen LogP contribution is 2.41. The Hall–Kier alpha value is -1.70. The van der Waals surface area contributed by atoms with Crippen molar-refractivity contribution in [3.05, 3.63) is 47.6 Å². The first-order chi connectivity index (χ1) is 9.53. The van der Waals surface area contributed by atoms with Crippen LogP contribution in [0.4, 0.5) is 0 Å². The molecule has 1 aliphatic rings. The van der Waals surface area contributed by atoms with Gasteiger partial charge in [0.2, 0.25) is 0 Å². The molecule has 1 unspecified atom stereocenters. The Balaban J connectivity index is 0.000000612. The van der Waals surface area contributed by atoms with Gasteiger partial charge in [-0.3, -0.25) is 0 Å². The topological polar surface area (TPSA) is 40.5 Å². The van der Waals surface area contributed by atoms with Gasteiger partial charge in [-0.2, -0.15) is 0 Å². The fraction of sp³-hybridized carbons (Fsp3) is 0.444. The van der Waals surface area contributed by atoms with Gasteiger partial charge >= 0.3 is 0 Å². The lowest BCUT2D eigenvalue weighted by Crippen LogP contribution is -2.03. The molecule has 0 heterocycles. The molecule has 0 bridgehead atoms. The van der Waals surface area contributed by atoms with Crippen LogP contribution in [0.3, 0.4) is 0 Å². The third-order valence-electron chi connectivity index (χ3n) is 3.55. The molecule has 0 saturated heterocycles. The van der Waals surface area contributed by atoms with Gasteiger partial charge in [0, 0.05) is 11.5 Å². The van der Waals surface area contributed by atoms with E-state index in [9.17, 15) is 10.2 Å². The summed E-state index contributed by atoms with van der Waals surface area (Å²) in [6.45, 7) is 9.37. The third-order valence-corrected chi connectivity index (χ3v) is 3.55. The molecular formula is C18H26O2. The molecule has 0 spiro atoms. The molecule has 1 atom stereocenters. The summed E-state index contributed by atoms with van der Waals surface area (Å²) in [5.41, 5.74) is 3.01. The molecule has 2 N–H and O–H groups in total. The molecule has 0 amide bonds. The quantitative estimate of drug-likeness (QED) is 0.739. The highest BCUT2D eigenvalue weighted by Gasteiger charge is 2.20. The second-order valence-corrected chi connectivity index (χ2v) is 5.32. The van der Waals surface area contributed by atoms with E-state index in [1.807, 2.05) is 13.8 Å². The summed E-state index contributed by atoms with van der Waals surface area (Å²) in [6, 6.07) is 3.54. The number of aryl methyl sites for hydroxylation is 1. The Morgan fingerprint density at radius 1 is 1.30 bits per heavy atom. The molecule has 0 aromatic heterocycles. The van der Waals surface area contributed by atoms with Crippen LogP contribution >= 0.6 is 0 Å². The van der Waals surface area contributed by atoms with Gasteiger partial charge in [-0.15, -0.1) is 6.58 Å². The average molecular weight is 274 g/mol. The highest BCUT2D eigenvalue weighted by atomic mass is 16.3. The summed E-state index contributed by atoms with van der Waals surface area (Å²) in [5, 5.41) is 20.1. The van der Waals surface area contributed by atoms with Crippen LogP contribution in [0.5, 0.6) is 11.5 Å². The molecule has 2 rings (SSSR count). The molecule has 2 nitrogen and oxygen atoms in total. The van der Waals surface area contributed by atoms with Crippen molar-refractivity contribution in [3.63, 3.8) is 0 Å². The maximum Gasteiger partial charge on any atom is 0.123 e.